The number of hydrogen-bond acceptors (Lipinski definition) is 3. The summed E-state index contributed by atoms with van der Waals surface area (Å²) in [6, 6.07) is 6.10. The second-order valence-corrected chi connectivity index (χ2v) is 4.08. The Kier molecular flexibility index (Phi) is 4.50. The molecule has 0 aliphatic rings. The van der Waals surface area contributed by atoms with Crippen molar-refractivity contribution in [2.45, 2.75) is 32.7 Å². The van der Waals surface area contributed by atoms with Crippen molar-refractivity contribution in [3.63, 3.8) is 0 Å². The number of carbonyl (C=O) groups excluding carboxylic acids is 1. The summed E-state index contributed by atoms with van der Waals surface area (Å²) in [6.07, 6.45) is 0.988. The summed E-state index contributed by atoms with van der Waals surface area (Å²) in [5.74, 6) is -0.208. The Morgan fingerprint density at radius 1 is 1.44 bits per heavy atom. The van der Waals surface area contributed by atoms with Crippen molar-refractivity contribution in [1.29, 1.82) is 0 Å². The quantitative estimate of drug-likeness (QED) is 0.793. The molecule has 0 aliphatic carbocycles. The van der Waals surface area contributed by atoms with Crippen LogP contribution >= 0.6 is 0 Å². The molecule has 3 nitrogen and oxygen atoms in total. The number of ether oxygens (including phenoxy) is 1. The SMILES string of the molecule is COC(=O)CCC(N)c1cc(C)ccc1C. The molecule has 1 rings (SSSR count). The van der Waals surface area contributed by atoms with Crippen LogP contribution in [0.1, 0.15) is 35.6 Å². The first-order chi connectivity index (χ1) is 7.54. The number of rotatable bonds is 4. The highest BCUT2D eigenvalue weighted by molar-refractivity contribution is 5.69. The summed E-state index contributed by atoms with van der Waals surface area (Å²) < 4.78 is 4.60. The molecule has 1 aromatic rings. The van der Waals surface area contributed by atoms with Crippen LogP contribution in [-0.2, 0) is 9.53 Å². The first kappa shape index (κ1) is 12.7. The van der Waals surface area contributed by atoms with Gasteiger partial charge in [-0.15, -0.1) is 0 Å². The van der Waals surface area contributed by atoms with Gasteiger partial charge in [0, 0.05) is 12.5 Å². The number of aryl methyl sites for hydroxylation is 2. The molecule has 1 aromatic carbocycles. The maximum absolute atomic E-state index is 11.0. The van der Waals surface area contributed by atoms with E-state index >= 15 is 0 Å². The van der Waals surface area contributed by atoms with Crippen LogP contribution in [0.25, 0.3) is 0 Å². The predicted molar refractivity (Wildman–Crippen MR) is 64.1 cm³/mol. The van der Waals surface area contributed by atoms with Gasteiger partial charge in [0.2, 0.25) is 0 Å². The third kappa shape index (κ3) is 3.35. The van der Waals surface area contributed by atoms with E-state index in [4.69, 9.17) is 5.73 Å². The van der Waals surface area contributed by atoms with Gasteiger partial charge in [-0.1, -0.05) is 23.8 Å². The fourth-order valence-electron chi connectivity index (χ4n) is 1.69. The average Bonchev–Trinajstić information content (AvgIpc) is 2.28. The Labute approximate surface area is 96.6 Å². The van der Waals surface area contributed by atoms with E-state index in [9.17, 15) is 4.79 Å². The summed E-state index contributed by atoms with van der Waals surface area (Å²) in [5, 5.41) is 0. The van der Waals surface area contributed by atoms with Gasteiger partial charge in [-0.3, -0.25) is 4.79 Å². The van der Waals surface area contributed by atoms with Crippen molar-refractivity contribution in [3.05, 3.63) is 34.9 Å². The van der Waals surface area contributed by atoms with Crippen LogP contribution in [0.15, 0.2) is 18.2 Å². The van der Waals surface area contributed by atoms with Crippen LogP contribution in [0.4, 0.5) is 0 Å². The average molecular weight is 221 g/mol. The van der Waals surface area contributed by atoms with Gasteiger partial charge in [-0.25, -0.2) is 0 Å². The predicted octanol–water partition coefficient (Wildman–Crippen LogP) is 2.26. The Morgan fingerprint density at radius 3 is 2.75 bits per heavy atom. The topological polar surface area (TPSA) is 52.3 Å². The van der Waals surface area contributed by atoms with Crippen molar-refractivity contribution in [1.82, 2.24) is 0 Å². The lowest BCUT2D eigenvalue weighted by atomic mass is 9.96. The Hall–Kier alpha value is -1.35. The van der Waals surface area contributed by atoms with E-state index in [-0.39, 0.29) is 12.0 Å². The third-order valence-electron chi connectivity index (χ3n) is 2.72. The van der Waals surface area contributed by atoms with Gasteiger partial charge in [-0.2, -0.15) is 0 Å². The highest BCUT2D eigenvalue weighted by Gasteiger charge is 2.11. The maximum Gasteiger partial charge on any atom is 0.305 e. The molecule has 0 aromatic heterocycles. The zero-order chi connectivity index (χ0) is 12.1. The summed E-state index contributed by atoms with van der Waals surface area (Å²) in [5.41, 5.74) is 9.53. The van der Waals surface area contributed by atoms with Crippen molar-refractivity contribution in [2.75, 3.05) is 7.11 Å². The van der Waals surface area contributed by atoms with Crippen LogP contribution in [0.2, 0.25) is 0 Å². The number of hydrogen-bond donors (Lipinski definition) is 1. The van der Waals surface area contributed by atoms with E-state index in [2.05, 4.69) is 22.9 Å². The molecular weight excluding hydrogens is 202 g/mol. The number of esters is 1. The minimum atomic E-state index is -0.208. The van der Waals surface area contributed by atoms with Crippen molar-refractivity contribution in [2.24, 2.45) is 5.73 Å². The number of carbonyl (C=O) groups is 1. The number of benzene rings is 1. The Balaban J connectivity index is 2.68. The molecule has 0 aliphatic heterocycles. The lowest BCUT2D eigenvalue weighted by molar-refractivity contribution is -0.140. The van der Waals surface area contributed by atoms with Gasteiger partial charge in [0.25, 0.3) is 0 Å². The van der Waals surface area contributed by atoms with E-state index in [1.165, 1.54) is 18.2 Å². The second-order valence-electron chi connectivity index (χ2n) is 4.08. The molecule has 0 heterocycles. The minimum absolute atomic E-state index is 0.0981. The maximum atomic E-state index is 11.0. The highest BCUT2D eigenvalue weighted by Crippen LogP contribution is 2.21. The van der Waals surface area contributed by atoms with Gasteiger partial charge in [0.05, 0.1) is 7.11 Å². The van der Waals surface area contributed by atoms with Crippen LogP contribution in [-0.4, -0.2) is 13.1 Å². The number of nitrogens with two attached hydrogens (primary N) is 1. The summed E-state index contributed by atoms with van der Waals surface area (Å²) in [4.78, 5) is 11.0. The molecule has 16 heavy (non-hydrogen) atoms. The molecule has 0 bridgehead atoms. The zero-order valence-corrected chi connectivity index (χ0v) is 10.1. The largest absolute Gasteiger partial charge is 0.469 e. The molecule has 0 amide bonds. The summed E-state index contributed by atoms with van der Waals surface area (Å²) >= 11 is 0. The van der Waals surface area contributed by atoms with Crippen molar-refractivity contribution >= 4 is 5.97 Å². The third-order valence-corrected chi connectivity index (χ3v) is 2.72. The van der Waals surface area contributed by atoms with Gasteiger partial charge < -0.3 is 10.5 Å². The molecule has 0 saturated carbocycles. The molecule has 1 atom stereocenters. The standard InChI is InChI=1S/C13H19NO2/c1-9-4-5-10(2)11(8-9)12(14)6-7-13(15)16-3/h4-5,8,12H,6-7,14H2,1-3H3. The number of methoxy groups -OCH3 is 1. The Bertz CT molecular complexity index is 374. The van der Waals surface area contributed by atoms with Crippen molar-refractivity contribution < 1.29 is 9.53 Å². The molecule has 0 radical (unpaired) electrons. The smallest absolute Gasteiger partial charge is 0.305 e. The van der Waals surface area contributed by atoms with Gasteiger partial charge in [0.1, 0.15) is 0 Å². The van der Waals surface area contributed by atoms with E-state index in [1.54, 1.807) is 0 Å². The Morgan fingerprint density at radius 2 is 2.12 bits per heavy atom. The molecule has 0 spiro atoms. The normalized spacial score (nSPS) is 12.2. The van der Waals surface area contributed by atoms with Gasteiger partial charge >= 0.3 is 5.97 Å². The molecule has 3 heteroatoms. The molecule has 1 unspecified atom stereocenters. The molecular formula is C13H19NO2. The van der Waals surface area contributed by atoms with Crippen LogP contribution in [0.5, 0.6) is 0 Å². The van der Waals surface area contributed by atoms with E-state index in [0.717, 1.165) is 5.56 Å². The van der Waals surface area contributed by atoms with Crippen molar-refractivity contribution in [3.8, 4) is 0 Å². The summed E-state index contributed by atoms with van der Waals surface area (Å²) in [6.45, 7) is 4.07. The first-order valence-corrected chi connectivity index (χ1v) is 5.44. The molecule has 0 saturated heterocycles. The molecule has 88 valence electrons. The highest BCUT2D eigenvalue weighted by atomic mass is 16.5. The minimum Gasteiger partial charge on any atom is -0.469 e. The summed E-state index contributed by atoms with van der Waals surface area (Å²) in [7, 11) is 1.39. The van der Waals surface area contributed by atoms with E-state index in [1.807, 2.05) is 13.8 Å². The lowest BCUT2D eigenvalue weighted by Gasteiger charge is -2.14. The fourth-order valence-corrected chi connectivity index (χ4v) is 1.69. The second kappa shape index (κ2) is 5.66. The first-order valence-electron chi connectivity index (χ1n) is 5.44. The monoisotopic (exact) mass is 221 g/mol. The lowest BCUT2D eigenvalue weighted by Crippen LogP contribution is -2.14. The van der Waals surface area contributed by atoms with Gasteiger partial charge in [-0.05, 0) is 31.4 Å². The van der Waals surface area contributed by atoms with Gasteiger partial charge in [0.15, 0.2) is 0 Å². The zero-order valence-electron chi connectivity index (χ0n) is 10.1. The van der Waals surface area contributed by atoms with Crippen LogP contribution in [0.3, 0.4) is 0 Å². The van der Waals surface area contributed by atoms with Crippen LogP contribution in [0, 0.1) is 13.8 Å². The molecule has 0 fully saturated rings. The fraction of sp³-hybridized carbons (Fsp3) is 0.462. The van der Waals surface area contributed by atoms with Crippen LogP contribution < -0.4 is 5.73 Å². The van der Waals surface area contributed by atoms with E-state index < -0.39 is 0 Å². The van der Waals surface area contributed by atoms with E-state index in [0.29, 0.717) is 12.8 Å². The molecule has 2 N–H and O–H groups in total.